The van der Waals surface area contributed by atoms with Gasteiger partial charge >= 0.3 is 0 Å². The third kappa shape index (κ3) is 2.97. The Labute approximate surface area is 102 Å². The van der Waals surface area contributed by atoms with Crippen molar-refractivity contribution in [3.8, 4) is 5.75 Å². The van der Waals surface area contributed by atoms with Crippen molar-refractivity contribution < 1.29 is 9.90 Å². The van der Waals surface area contributed by atoms with Gasteiger partial charge in [-0.1, -0.05) is 25.1 Å². The van der Waals surface area contributed by atoms with Crippen LogP contribution in [0.4, 0.5) is 0 Å². The van der Waals surface area contributed by atoms with Gasteiger partial charge in [0.25, 0.3) is 0 Å². The minimum atomic E-state index is -0.478. The number of hydrogen-bond acceptors (Lipinski definition) is 3. The lowest BCUT2D eigenvalue weighted by atomic mass is 10.1. The summed E-state index contributed by atoms with van der Waals surface area (Å²) in [6.07, 6.45) is 0.608. The summed E-state index contributed by atoms with van der Waals surface area (Å²) in [7, 11) is 1.70. The van der Waals surface area contributed by atoms with Crippen molar-refractivity contribution in [1.29, 1.82) is 0 Å². The SMILES string of the molecule is CCC(N)C(=O)N(C)C(C)c1ccccc1O. The van der Waals surface area contributed by atoms with E-state index in [4.69, 9.17) is 5.73 Å². The van der Waals surface area contributed by atoms with Crippen molar-refractivity contribution in [3.05, 3.63) is 29.8 Å². The molecule has 94 valence electrons. The highest BCUT2D eigenvalue weighted by Crippen LogP contribution is 2.27. The monoisotopic (exact) mass is 236 g/mol. The quantitative estimate of drug-likeness (QED) is 0.835. The molecule has 1 amide bonds. The van der Waals surface area contributed by atoms with Crippen molar-refractivity contribution >= 4 is 5.91 Å². The van der Waals surface area contributed by atoms with Crippen LogP contribution in [0.1, 0.15) is 31.9 Å². The van der Waals surface area contributed by atoms with Crippen LogP contribution in [0, 0.1) is 0 Å². The molecule has 3 N–H and O–H groups in total. The van der Waals surface area contributed by atoms with Crippen molar-refractivity contribution in [2.75, 3.05) is 7.05 Å². The second-order valence-corrected chi connectivity index (χ2v) is 4.20. The number of carbonyl (C=O) groups excluding carboxylic acids is 1. The minimum Gasteiger partial charge on any atom is -0.508 e. The van der Waals surface area contributed by atoms with E-state index >= 15 is 0 Å². The van der Waals surface area contributed by atoms with E-state index in [1.54, 1.807) is 30.1 Å². The van der Waals surface area contributed by atoms with E-state index in [1.165, 1.54) is 0 Å². The Bertz CT molecular complexity index is 393. The number of rotatable bonds is 4. The van der Waals surface area contributed by atoms with Gasteiger partial charge in [0.05, 0.1) is 12.1 Å². The maximum atomic E-state index is 11.9. The van der Waals surface area contributed by atoms with Crippen molar-refractivity contribution in [3.63, 3.8) is 0 Å². The Balaban J connectivity index is 2.87. The first-order valence-electron chi connectivity index (χ1n) is 5.79. The van der Waals surface area contributed by atoms with Gasteiger partial charge in [-0.2, -0.15) is 0 Å². The maximum Gasteiger partial charge on any atom is 0.239 e. The fourth-order valence-corrected chi connectivity index (χ4v) is 1.68. The second-order valence-electron chi connectivity index (χ2n) is 4.20. The van der Waals surface area contributed by atoms with Crippen LogP contribution in [-0.4, -0.2) is 29.0 Å². The van der Waals surface area contributed by atoms with Gasteiger partial charge in [-0.15, -0.1) is 0 Å². The smallest absolute Gasteiger partial charge is 0.239 e. The van der Waals surface area contributed by atoms with Gasteiger partial charge in [0.1, 0.15) is 5.75 Å². The summed E-state index contributed by atoms with van der Waals surface area (Å²) in [6, 6.07) is 6.34. The van der Waals surface area contributed by atoms with Crippen LogP contribution in [0.5, 0.6) is 5.75 Å². The van der Waals surface area contributed by atoms with Crippen molar-refractivity contribution in [1.82, 2.24) is 4.90 Å². The normalized spacial score (nSPS) is 14.1. The Morgan fingerprint density at radius 2 is 2.06 bits per heavy atom. The van der Waals surface area contributed by atoms with Crippen molar-refractivity contribution in [2.45, 2.75) is 32.4 Å². The molecule has 2 unspecified atom stereocenters. The standard InChI is InChI=1S/C13H20N2O2/c1-4-11(14)13(17)15(3)9(2)10-7-5-6-8-12(10)16/h5-9,11,16H,4,14H2,1-3H3. The number of amides is 1. The molecule has 17 heavy (non-hydrogen) atoms. The molecule has 2 atom stereocenters. The number of aromatic hydroxyl groups is 1. The zero-order valence-corrected chi connectivity index (χ0v) is 10.6. The highest BCUT2D eigenvalue weighted by molar-refractivity contribution is 5.81. The zero-order chi connectivity index (χ0) is 13.0. The molecule has 0 aromatic heterocycles. The molecule has 0 saturated heterocycles. The Morgan fingerprint density at radius 1 is 1.47 bits per heavy atom. The summed E-state index contributed by atoms with van der Waals surface area (Å²) in [5.41, 5.74) is 6.45. The van der Waals surface area contributed by atoms with Gasteiger partial charge in [-0.05, 0) is 19.4 Å². The molecule has 0 spiro atoms. The predicted molar refractivity (Wildman–Crippen MR) is 67.6 cm³/mol. The molecule has 4 heteroatoms. The molecule has 0 aliphatic carbocycles. The second kappa shape index (κ2) is 5.68. The van der Waals surface area contributed by atoms with Crippen LogP contribution in [0.15, 0.2) is 24.3 Å². The van der Waals surface area contributed by atoms with Crippen LogP contribution in [0.2, 0.25) is 0 Å². The molecule has 0 aliphatic heterocycles. The molecular weight excluding hydrogens is 216 g/mol. The summed E-state index contributed by atoms with van der Waals surface area (Å²) in [5, 5.41) is 9.74. The number of para-hydroxylation sites is 1. The summed E-state index contributed by atoms with van der Waals surface area (Å²) in [4.78, 5) is 13.5. The zero-order valence-electron chi connectivity index (χ0n) is 10.6. The molecule has 1 aromatic rings. The van der Waals surface area contributed by atoms with Gasteiger partial charge < -0.3 is 15.7 Å². The molecule has 0 radical (unpaired) electrons. The third-order valence-corrected chi connectivity index (χ3v) is 3.07. The average molecular weight is 236 g/mol. The van der Waals surface area contributed by atoms with Gasteiger partial charge in [0.2, 0.25) is 5.91 Å². The summed E-state index contributed by atoms with van der Waals surface area (Å²) in [6.45, 7) is 3.75. The van der Waals surface area contributed by atoms with Gasteiger partial charge in [0, 0.05) is 12.6 Å². The molecule has 0 saturated carbocycles. The molecule has 4 nitrogen and oxygen atoms in total. The minimum absolute atomic E-state index is 0.108. The molecular formula is C13H20N2O2. The Kier molecular flexibility index (Phi) is 4.52. The lowest BCUT2D eigenvalue weighted by Crippen LogP contribution is -2.42. The first-order chi connectivity index (χ1) is 7.99. The number of phenols is 1. The first kappa shape index (κ1) is 13.5. The third-order valence-electron chi connectivity index (χ3n) is 3.07. The molecule has 0 heterocycles. The number of phenolic OH excluding ortho intramolecular Hbond substituents is 1. The highest BCUT2D eigenvalue weighted by Gasteiger charge is 2.23. The van der Waals surface area contributed by atoms with E-state index < -0.39 is 6.04 Å². The first-order valence-corrected chi connectivity index (χ1v) is 5.79. The topological polar surface area (TPSA) is 66.6 Å². The van der Waals surface area contributed by atoms with Crippen LogP contribution < -0.4 is 5.73 Å². The van der Waals surface area contributed by atoms with E-state index in [-0.39, 0.29) is 17.7 Å². The molecule has 1 rings (SSSR count). The number of nitrogens with two attached hydrogens (primary N) is 1. The van der Waals surface area contributed by atoms with E-state index in [1.807, 2.05) is 19.9 Å². The lowest BCUT2D eigenvalue weighted by molar-refractivity contribution is -0.133. The van der Waals surface area contributed by atoms with Gasteiger partial charge in [0.15, 0.2) is 0 Å². The Morgan fingerprint density at radius 3 is 2.59 bits per heavy atom. The van der Waals surface area contributed by atoms with E-state index in [9.17, 15) is 9.90 Å². The van der Waals surface area contributed by atoms with E-state index in [0.29, 0.717) is 6.42 Å². The fourth-order valence-electron chi connectivity index (χ4n) is 1.68. The number of hydrogen-bond donors (Lipinski definition) is 2. The molecule has 1 aromatic carbocycles. The number of benzene rings is 1. The number of likely N-dealkylation sites (N-methyl/N-ethyl adjacent to an activating group) is 1. The summed E-state index contributed by atoms with van der Waals surface area (Å²) >= 11 is 0. The molecule has 0 aliphatic rings. The highest BCUT2D eigenvalue weighted by atomic mass is 16.3. The average Bonchev–Trinajstić information content (AvgIpc) is 2.35. The summed E-state index contributed by atoms with van der Waals surface area (Å²) < 4.78 is 0. The predicted octanol–water partition coefficient (Wildman–Crippen LogP) is 1.65. The fraction of sp³-hybridized carbons (Fsp3) is 0.462. The van der Waals surface area contributed by atoms with E-state index in [0.717, 1.165) is 5.56 Å². The van der Waals surface area contributed by atoms with Crippen LogP contribution >= 0.6 is 0 Å². The van der Waals surface area contributed by atoms with Crippen LogP contribution in [-0.2, 0) is 4.79 Å². The summed E-state index contributed by atoms with van der Waals surface area (Å²) in [5.74, 6) is 0.0907. The van der Waals surface area contributed by atoms with Crippen LogP contribution in [0.25, 0.3) is 0 Å². The lowest BCUT2D eigenvalue weighted by Gasteiger charge is -2.28. The van der Waals surface area contributed by atoms with Gasteiger partial charge in [-0.25, -0.2) is 0 Å². The largest absolute Gasteiger partial charge is 0.508 e. The van der Waals surface area contributed by atoms with Gasteiger partial charge in [-0.3, -0.25) is 4.79 Å². The van der Waals surface area contributed by atoms with Crippen LogP contribution in [0.3, 0.4) is 0 Å². The Hall–Kier alpha value is -1.55. The van der Waals surface area contributed by atoms with E-state index in [2.05, 4.69) is 0 Å². The van der Waals surface area contributed by atoms with Crippen molar-refractivity contribution in [2.24, 2.45) is 5.73 Å². The number of carbonyl (C=O) groups is 1. The number of nitrogens with zero attached hydrogens (tertiary/aromatic N) is 1. The molecule has 0 fully saturated rings. The maximum absolute atomic E-state index is 11.9. The molecule has 0 bridgehead atoms.